The fraction of sp³-hybridized carbons (Fsp3) is 0.200. The summed E-state index contributed by atoms with van der Waals surface area (Å²) in [5, 5.41) is 4.21. The van der Waals surface area contributed by atoms with E-state index in [2.05, 4.69) is 10.3 Å². The Morgan fingerprint density at radius 2 is 2.05 bits per heavy atom. The van der Waals surface area contributed by atoms with Crippen LogP contribution in [0.25, 0.3) is 0 Å². The third kappa shape index (κ3) is 4.85. The van der Waals surface area contributed by atoms with Gasteiger partial charge in [-0.05, 0) is 24.3 Å². The quantitative estimate of drug-likeness (QED) is 0.806. The van der Waals surface area contributed by atoms with Crippen LogP contribution >= 0.6 is 34.8 Å². The van der Waals surface area contributed by atoms with Crippen LogP contribution in [-0.4, -0.2) is 24.5 Å². The van der Waals surface area contributed by atoms with Crippen LogP contribution < -0.4 is 10.2 Å². The van der Waals surface area contributed by atoms with Gasteiger partial charge in [-0.3, -0.25) is 4.79 Å². The predicted octanol–water partition coefficient (Wildman–Crippen LogP) is 2.70. The van der Waals surface area contributed by atoms with Gasteiger partial charge in [0.05, 0.1) is 17.8 Å². The van der Waals surface area contributed by atoms with Gasteiger partial charge in [-0.1, -0.05) is 40.9 Å². The molecule has 0 spiro atoms. The summed E-state index contributed by atoms with van der Waals surface area (Å²) in [6.07, 6.45) is 1.57. The smallest absolute Gasteiger partial charge is 0.279 e. The molecule has 0 bridgehead atoms. The average Bonchev–Trinajstić information content (AvgIpc) is 2.44. The number of amides is 1. The molecule has 22 heavy (non-hydrogen) atoms. The maximum Gasteiger partial charge on any atom is 0.279 e. The molecule has 1 unspecified atom stereocenters. The minimum absolute atomic E-state index is 0.141. The molecular formula is C15H15Cl3N3O+. The van der Waals surface area contributed by atoms with Gasteiger partial charge in [0, 0.05) is 16.8 Å². The zero-order chi connectivity index (χ0) is 16.1. The molecule has 0 aliphatic carbocycles. The second-order valence-electron chi connectivity index (χ2n) is 4.94. The van der Waals surface area contributed by atoms with Crippen LogP contribution in [0.5, 0.6) is 0 Å². The third-order valence-electron chi connectivity index (χ3n) is 3.00. The molecule has 0 saturated heterocycles. The Labute approximate surface area is 144 Å². The first kappa shape index (κ1) is 17.0. The van der Waals surface area contributed by atoms with Crippen molar-refractivity contribution >= 4 is 46.4 Å². The van der Waals surface area contributed by atoms with Crippen molar-refractivity contribution in [1.29, 1.82) is 0 Å². The van der Waals surface area contributed by atoms with Gasteiger partial charge >= 0.3 is 0 Å². The Morgan fingerprint density at radius 1 is 1.27 bits per heavy atom. The van der Waals surface area contributed by atoms with Crippen LogP contribution in [0.4, 0.5) is 5.69 Å². The second kappa shape index (κ2) is 7.79. The highest BCUT2D eigenvalue weighted by Crippen LogP contribution is 2.20. The molecule has 0 aliphatic heterocycles. The van der Waals surface area contributed by atoms with Gasteiger partial charge in [0.2, 0.25) is 0 Å². The molecule has 0 radical (unpaired) electrons. The number of nitrogens with one attached hydrogen (secondary N) is 2. The van der Waals surface area contributed by atoms with E-state index in [1.54, 1.807) is 30.5 Å². The molecule has 0 aliphatic rings. The summed E-state index contributed by atoms with van der Waals surface area (Å²) >= 11 is 17.9. The molecule has 2 rings (SSSR count). The van der Waals surface area contributed by atoms with Crippen molar-refractivity contribution in [2.24, 2.45) is 0 Å². The number of benzene rings is 1. The van der Waals surface area contributed by atoms with Gasteiger partial charge in [0.15, 0.2) is 11.7 Å². The largest absolute Gasteiger partial charge is 0.326 e. The lowest BCUT2D eigenvalue weighted by Gasteiger charge is -2.15. The molecular weight excluding hydrogens is 345 g/mol. The molecule has 4 nitrogen and oxygen atoms in total. The summed E-state index contributed by atoms with van der Waals surface area (Å²) in [6, 6.07) is 8.76. The second-order valence-corrected chi connectivity index (χ2v) is 6.14. The number of anilines is 1. The van der Waals surface area contributed by atoms with E-state index in [4.69, 9.17) is 34.8 Å². The first-order chi connectivity index (χ1) is 10.5. The summed E-state index contributed by atoms with van der Waals surface area (Å²) < 4.78 is 0. The SMILES string of the molecule is C[NH+](CC(=O)Nc1cccnc1Cl)Cc1ccc(Cl)cc1Cl. The van der Waals surface area contributed by atoms with Crippen molar-refractivity contribution in [2.45, 2.75) is 6.54 Å². The Hall–Kier alpha value is -1.33. The van der Waals surface area contributed by atoms with Crippen molar-refractivity contribution in [3.63, 3.8) is 0 Å². The monoisotopic (exact) mass is 358 g/mol. The number of aromatic nitrogens is 1. The standard InChI is InChI=1S/C15H14Cl3N3O/c1-21(8-10-4-5-11(16)7-12(10)17)9-14(22)20-13-3-2-6-19-15(13)18/h2-7H,8-9H2,1H3,(H,20,22)/p+1. The summed E-state index contributed by atoms with van der Waals surface area (Å²) in [6.45, 7) is 0.897. The molecule has 2 aromatic rings. The summed E-state index contributed by atoms with van der Waals surface area (Å²) in [5.41, 5.74) is 1.45. The van der Waals surface area contributed by atoms with Crippen LogP contribution in [0.15, 0.2) is 36.5 Å². The van der Waals surface area contributed by atoms with E-state index in [1.165, 1.54) is 0 Å². The lowest BCUT2D eigenvalue weighted by molar-refractivity contribution is -0.885. The van der Waals surface area contributed by atoms with E-state index in [-0.39, 0.29) is 17.6 Å². The molecule has 0 fully saturated rings. The van der Waals surface area contributed by atoms with E-state index in [0.717, 1.165) is 10.5 Å². The highest BCUT2D eigenvalue weighted by Gasteiger charge is 2.14. The average molecular weight is 360 g/mol. The van der Waals surface area contributed by atoms with Gasteiger partial charge in [-0.25, -0.2) is 4.98 Å². The van der Waals surface area contributed by atoms with E-state index >= 15 is 0 Å². The van der Waals surface area contributed by atoms with Crippen LogP contribution in [0.2, 0.25) is 15.2 Å². The Kier molecular flexibility index (Phi) is 6.03. The van der Waals surface area contributed by atoms with Crippen molar-refractivity contribution in [2.75, 3.05) is 18.9 Å². The Morgan fingerprint density at radius 3 is 2.73 bits per heavy atom. The number of quaternary nitrogens is 1. The van der Waals surface area contributed by atoms with E-state index < -0.39 is 0 Å². The summed E-state index contributed by atoms with van der Waals surface area (Å²) in [5.74, 6) is -0.141. The molecule has 1 atom stereocenters. The van der Waals surface area contributed by atoms with E-state index in [0.29, 0.717) is 22.3 Å². The summed E-state index contributed by atoms with van der Waals surface area (Å²) in [4.78, 5) is 16.9. The predicted molar refractivity (Wildman–Crippen MR) is 89.8 cm³/mol. The number of rotatable bonds is 5. The maximum atomic E-state index is 12.0. The van der Waals surface area contributed by atoms with Gasteiger partial charge in [-0.2, -0.15) is 0 Å². The van der Waals surface area contributed by atoms with Crippen molar-refractivity contribution in [3.05, 3.63) is 57.3 Å². The maximum absolute atomic E-state index is 12.0. The van der Waals surface area contributed by atoms with Crippen LogP contribution in [-0.2, 0) is 11.3 Å². The number of halogens is 3. The zero-order valence-electron chi connectivity index (χ0n) is 11.9. The zero-order valence-corrected chi connectivity index (χ0v) is 14.1. The molecule has 2 N–H and O–H groups in total. The van der Waals surface area contributed by atoms with Crippen LogP contribution in [0.1, 0.15) is 5.56 Å². The fourth-order valence-corrected chi connectivity index (χ4v) is 2.64. The molecule has 1 amide bonds. The number of carbonyl (C=O) groups is 1. The van der Waals surface area contributed by atoms with Crippen molar-refractivity contribution in [1.82, 2.24) is 4.98 Å². The van der Waals surface area contributed by atoms with Crippen LogP contribution in [0, 0.1) is 0 Å². The van der Waals surface area contributed by atoms with Gasteiger partial charge in [0.25, 0.3) is 5.91 Å². The normalized spacial score (nSPS) is 12.0. The number of hydrogen-bond donors (Lipinski definition) is 2. The molecule has 1 heterocycles. The number of nitrogens with zero attached hydrogens (tertiary/aromatic N) is 1. The molecule has 116 valence electrons. The van der Waals surface area contributed by atoms with E-state index in [9.17, 15) is 4.79 Å². The van der Waals surface area contributed by atoms with Gasteiger partial charge < -0.3 is 10.2 Å². The number of pyridine rings is 1. The van der Waals surface area contributed by atoms with Gasteiger partial charge in [-0.15, -0.1) is 0 Å². The minimum atomic E-state index is -0.141. The fourth-order valence-electron chi connectivity index (χ4n) is 2.00. The summed E-state index contributed by atoms with van der Waals surface area (Å²) in [7, 11) is 1.91. The highest BCUT2D eigenvalue weighted by molar-refractivity contribution is 6.35. The Bertz CT molecular complexity index is 679. The number of likely N-dealkylation sites (N-methyl/N-ethyl adjacent to an activating group) is 1. The first-order valence-corrected chi connectivity index (χ1v) is 7.74. The minimum Gasteiger partial charge on any atom is -0.326 e. The lowest BCUT2D eigenvalue weighted by atomic mass is 10.2. The number of carbonyl (C=O) groups excluding carboxylic acids is 1. The lowest BCUT2D eigenvalue weighted by Crippen LogP contribution is -3.08. The Balaban J connectivity index is 1.92. The molecule has 1 aromatic heterocycles. The van der Waals surface area contributed by atoms with Crippen molar-refractivity contribution < 1.29 is 9.69 Å². The molecule has 0 saturated carbocycles. The number of hydrogen-bond acceptors (Lipinski definition) is 2. The van der Waals surface area contributed by atoms with E-state index in [1.807, 2.05) is 13.1 Å². The third-order valence-corrected chi connectivity index (χ3v) is 3.89. The molecule has 7 heteroatoms. The van der Waals surface area contributed by atoms with Crippen LogP contribution in [0.3, 0.4) is 0 Å². The highest BCUT2D eigenvalue weighted by atomic mass is 35.5. The molecule has 1 aromatic carbocycles. The van der Waals surface area contributed by atoms with Crippen molar-refractivity contribution in [3.8, 4) is 0 Å². The topological polar surface area (TPSA) is 46.4 Å². The van der Waals surface area contributed by atoms with Gasteiger partial charge in [0.1, 0.15) is 6.54 Å². The first-order valence-electron chi connectivity index (χ1n) is 6.61.